The van der Waals surface area contributed by atoms with Crippen molar-refractivity contribution in [3.8, 4) is 0 Å². The van der Waals surface area contributed by atoms with Crippen molar-refractivity contribution in [2.45, 2.75) is 25.8 Å². The fraction of sp³-hybridized carbons (Fsp3) is 0.471. The maximum absolute atomic E-state index is 12.7. The fourth-order valence-corrected chi connectivity index (χ4v) is 3.75. The smallest absolute Gasteiger partial charge is 0.270 e. The van der Waals surface area contributed by atoms with Crippen LogP contribution in [0.3, 0.4) is 0 Å². The Balaban J connectivity index is 1.58. The molecule has 2 aliphatic rings. The van der Waals surface area contributed by atoms with Crippen LogP contribution in [-0.2, 0) is 0 Å². The van der Waals surface area contributed by atoms with Crippen molar-refractivity contribution in [2.75, 3.05) is 19.6 Å². The summed E-state index contributed by atoms with van der Waals surface area (Å²) in [6, 6.07) is 8.72. The van der Waals surface area contributed by atoms with Crippen molar-refractivity contribution < 1.29 is 4.79 Å². The molecule has 1 aromatic carbocycles. The van der Waals surface area contributed by atoms with Gasteiger partial charge >= 0.3 is 0 Å². The van der Waals surface area contributed by atoms with E-state index in [-0.39, 0.29) is 5.91 Å². The first-order valence-corrected chi connectivity index (χ1v) is 7.83. The summed E-state index contributed by atoms with van der Waals surface area (Å²) in [5.74, 6) is 0.773. The molecule has 21 heavy (non-hydrogen) atoms. The zero-order valence-electron chi connectivity index (χ0n) is 12.4. The largest absolute Gasteiger partial charge is 0.351 e. The van der Waals surface area contributed by atoms with Gasteiger partial charge in [-0.3, -0.25) is 4.79 Å². The van der Waals surface area contributed by atoms with Crippen molar-refractivity contribution in [1.29, 1.82) is 0 Å². The molecule has 2 fully saturated rings. The number of benzene rings is 1. The number of amides is 1. The molecule has 0 bridgehead atoms. The summed E-state index contributed by atoms with van der Waals surface area (Å²) in [5.41, 5.74) is 2.98. The fourth-order valence-electron chi connectivity index (χ4n) is 3.75. The molecule has 2 atom stereocenters. The number of aromatic amines is 1. The Bertz CT molecular complexity index is 676. The first-order chi connectivity index (χ1) is 10.2. The van der Waals surface area contributed by atoms with E-state index in [1.807, 2.05) is 17.0 Å². The Morgan fingerprint density at radius 2 is 2.19 bits per heavy atom. The van der Waals surface area contributed by atoms with Crippen LogP contribution in [0.15, 0.2) is 24.3 Å². The predicted molar refractivity (Wildman–Crippen MR) is 83.5 cm³/mol. The summed E-state index contributed by atoms with van der Waals surface area (Å²) in [6.07, 6.45) is 2.47. The number of nitrogens with one attached hydrogen (secondary N) is 2. The minimum Gasteiger partial charge on any atom is -0.351 e. The molecule has 2 aliphatic heterocycles. The van der Waals surface area contributed by atoms with Crippen LogP contribution in [0.4, 0.5) is 0 Å². The molecular formula is C17H21N3O. The number of aryl methyl sites for hydroxylation is 1. The topological polar surface area (TPSA) is 48.1 Å². The lowest BCUT2D eigenvalue weighted by atomic mass is 9.94. The van der Waals surface area contributed by atoms with E-state index in [1.54, 1.807) is 0 Å². The first-order valence-electron chi connectivity index (χ1n) is 7.83. The van der Waals surface area contributed by atoms with Crippen LogP contribution in [0.2, 0.25) is 0 Å². The zero-order valence-corrected chi connectivity index (χ0v) is 12.4. The molecule has 3 heterocycles. The minimum absolute atomic E-state index is 0.139. The quantitative estimate of drug-likeness (QED) is 0.843. The summed E-state index contributed by atoms with van der Waals surface area (Å²) >= 11 is 0. The third kappa shape index (κ3) is 2.23. The van der Waals surface area contributed by atoms with Gasteiger partial charge in [0.05, 0.1) is 0 Å². The molecular weight excluding hydrogens is 262 g/mol. The van der Waals surface area contributed by atoms with E-state index in [9.17, 15) is 4.79 Å². The number of hydrogen-bond acceptors (Lipinski definition) is 2. The van der Waals surface area contributed by atoms with Gasteiger partial charge < -0.3 is 15.2 Å². The highest BCUT2D eigenvalue weighted by atomic mass is 16.2. The van der Waals surface area contributed by atoms with Gasteiger partial charge in [0, 0.05) is 30.0 Å². The second-order valence-electron chi connectivity index (χ2n) is 6.45. The summed E-state index contributed by atoms with van der Waals surface area (Å²) in [5, 5.41) is 4.67. The van der Waals surface area contributed by atoms with Crippen LogP contribution in [0.25, 0.3) is 10.9 Å². The molecule has 0 aliphatic carbocycles. The number of nitrogens with zero attached hydrogens (tertiary/aromatic N) is 1. The Morgan fingerprint density at radius 1 is 1.29 bits per heavy atom. The van der Waals surface area contributed by atoms with E-state index in [4.69, 9.17) is 0 Å². The average molecular weight is 283 g/mol. The van der Waals surface area contributed by atoms with Gasteiger partial charge in [0.2, 0.25) is 0 Å². The molecule has 2 aromatic rings. The van der Waals surface area contributed by atoms with Crippen LogP contribution >= 0.6 is 0 Å². The van der Waals surface area contributed by atoms with E-state index < -0.39 is 0 Å². The lowest BCUT2D eigenvalue weighted by Crippen LogP contribution is -2.41. The molecule has 0 unspecified atom stereocenters. The average Bonchev–Trinajstić information content (AvgIpc) is 3.09. The molecule has 0 saturated carbocycles. The second kappa shape index (κ2) is 4.88. The normalized spacial score (nSPS) is 25.3. The summed E-state index contributed by atoms with van der Waals surface area (Å²) in [7, 11) is 0. The molecule has 0 spiro atoms. The lowest BCUT2D eigenvalue weighted by Gasteiger charge is -2.24. The summed E-state index contributed by atoms with van der Waals surface area (Å²) in [6.45, 7) is 4.91. The van der Waals surface area contributed by atoms with Crippen LogP contribution in [0, 0.1) is 12.8 Å². The van der Waals surface area contributed by atoms with E-state index in [0.29, 0.717) is 17.7 Å². The van der Waals surface area contributed by atoms with Crippen molar-refractivity contribution >= 4 is 16.8 Å². The van der Waals surface area contributed by atoms with Gasteiger partial charge in [-0.15, -0.1) is 0 Å². The Kier molecular flexibility index (Phi) is 3.00. The van der Waals surface area contributed by atoms with Gasteiger partial charge in [-0.25, -0.2) is 0 Å². The van der Waals surface area contributed by atoms with Crippen molar-refractivity contribution in [2.24, 2.45) is 5.92 Å². The van der Waals surface area contributed by atoms with Gasteiger partial charge in [-0.1, -0.05) is 11.6 Å². The molecule has 1 amide bonds. The van der Waals surface area contributed by atoms with Gasteiger partial charge in [0.15, 0.2) is 0 Å². The number of piperidine rings is 1. The molecule has 4 nitrogen and oxygen atoms in total. The maximum atomic E-state index is 12.7. The van der Waals surface area contributed by atoms with Crippen molar-refractivity contribution in [3.63, 3.8) is 0 Å². The highest BCUT2D eigenvalue weighted by molar-refractivity contribution is 5.98. The predicted octanol–water partition coefficient (Wildman–Crippen LogP) is 2.30. The molecule has 4 rings (SSSR count). The molecule has 2 N–H and O–H groups in total. The highest BCUT2D eigenvalue weighted by Crippen LogP contribution is 2.26. The van der Waals surface area contributed by atoms with Crippen molar-refractivity contribution in [1.82, 2.24) is 15.2 Å². The number of hydrogen-bond donors (Lipinski definition) is 2. The Morgan fingerprint density at radius 3 is 3.05 bits per heavy atom. The van der Waals surface area contributed by atoms with Gasteiger partial charge in [-0.2, -0.15) is 0 Å². The van der Waals surface area contributed by atoms with Gasteiger partial charge in [-0.05, 0) is 50.4 Å². The second-order valence-corrected chi connectivity index (χ2v) is 6.45. The molecule has 4 heteroatoms. The van der Waals surface area contributed by atoms with Crippen LogP contribution in [0.5, 0.6) is 0 Å². The van der Waals surface area contributed by atoms with Crippen LogP contribution in [-0.4, -0.2) is 41.5 Å². The number of rotatable bonds is 1. The number of carbonyl (C=O) groups excluding carboxylic acids is 1. The van der Waals surface area contributed by atoms with E-state index >= 15 is 0 Å². The summed E-state index contributed by atoms with van der Waals surface area (Å²) < 4.78 is 0. The number of H-pyrrole nitrogens is 1. The number of aromatic nitrogens is 1. The van der Waals surface area contributed by atoms with Crippen LogP contribution < -0.4 is 5.32 Å². The van der Waals surface area contributed by atoms with Crippen LogP contribution in [0.1, 0.15) is 28.9 Å². The minimum atomic E-state index is 0.139. The number of likely N-dealkylation sites (tertiary alicyclic amines) is 1. The van der Waals surface area contributed by atoms with Gasteiger partial charge in [0.25, 0.3) is 5.91 Å². The lowest BCUT2D eigenvalue weighted by molar-refractivity contribution is 0.0781. The Labute approximate surface area is 124 Å². The summed E-state index contributed by atoms with van der Waals surface area (Å²) in [4.78, 5) is 18.0. The first kappa shape index (κ1) is 12.9. The Hall–Kier alpha value is -1.81. The SMILES string of the molecule is Cc1ccc2[nH]c(C(=O)N3C[C@H]4CCCN[C@H]4C3)cc2c1. The number of carbonyl (C=O) groups is 1. The van der Waals surface area contributed by atoms with E-state index in [2.05, 4.69) is 29.4 Å². The third-order valence-electron chi connectivity index (χ3n) is 4.89. The number of fused-ring (bicyclic) bond motifs is 2. The van der Waals surface area contributed by atoms with E-state index in [1.165, 1.54) is 18.4 Å². The van der Waals surface area contributed by atoms with Crippen molar-refractivity contribution in [3.05, 3.63) is 35.5 Å². The zero-order chi connectivity index (χ0) is 14.4. The highest BCUT2D eigenvalue weighted by Gasteiger charge is 2.36. The molecule has 1 aromatic heterocycles. The van der Waals surface area contributed by atoms with E-state index in [0.717, 1.165) is 30.5 Å². The third-order valence-corrected chi connectivity index (χ3v) is 4.89. The standard InChI is InChI=1S/C17H21N3O/c1-11-4-5-14-13(7-11)8-15(19-14)17(21)20-9-12-3-2-6-18-16(12)10-20/h4-5,7-8,12,16,18-19H,2-3,6,9-10H2,1H3/t12-,16+/m1/s1. The maximum Gasteiger partial charge on any atom is 0.270 e. The van der Waals surface area contributed by atoms with Gasteiger partial charge in [0.1, 0.15) is 5.69 Å². The molecule has 0 radical (unpaired) electrons. The monoisotopic (exact) mass is 283 g/mol. The molecule has 2 saturated heterocycles. The molecule has 110 valence electrons.